The molecule has 0 radical (unpaired) electrons. The minimum Gasteiger partial charge on any atom is -0.490 e. The Morgan fingerprint density at radius 3 is 2.13 bits per heavy atom. The first-order chi connectivity index (χ1) is 22.0. The van der Waals surface area contributed by atoms with Crippen LogP contribution in [0.25, 0.3) is 10.8 Å². The summed E-state index contributed by atoms with van der Waals surface area (Å²) >= 11 is 3.22. The van der Waals surface area contributed by atoms with E-state index in [0.717, 1.165) is 31.1 Å². The van der Waals surface area contributed by atoms with Crippen LogP contribution in [0.4, 0.5) is 22.0 Å². The lowest BCUT2D eigenvalue weighted by molar-refractivity contribution is -0.192. The number of fused-ring (bicyclic) bond motifs is 1. The van der Waals surface area contributed by atoms with Crippen LogP contribution in [0.5, 0.6) is 5.75 Å². The van der Waals surface area contributed by atoms with Gasteiger partial charge in [0.05, 0.1) is 11.0 Å². The first-order valence-corrected chi connectivity index (χ1v) is 17.0. The van der Waals surface area contributed by atoms with Gasteiger partial charge < -0.3 is 20.5 Å². The number of amides is 1. The summed E-state index contributed by atoms with van der Waals surface area (Å²) in [4.78, 5) is 23.4. The molecule has 47 heavy (non-hydrogen) atoms. The standard InChI is InChI=1S/C29H32BrF2N3O4S.C2HF3O2/c30-22-11-9-21(10-12-22)29(31,32)27(28(36)35-15-3-4-23(33)18-35)34-40(37,38)26-14-8-19-16-25(13-7-20(19)17-26)39-24-5-1-2-6-24;3-2(4,5)1(6)7/h7-14,16-17,23-24,27,34H,1-6,15,18,33H2;(H,6,7)/t23-,27?;/m0./s1. The van der Waals surface area contributed by atoms with Gasteiger partial charge in [-0.25, -0.2) is 13.2 Å². The molecule has 3 aromatic carbocycles. The second-order valence-corrected chi connectivity index (χ2v) is 14.0. The van der Waals surface area contributed by atoms with E-state index in [2.05, 4.69) is 20.7 Å². The molecule has 1 aliphatic carbocycles. The van der Waals surface area contributed by atoms with E-state index < -0.39 is 45.6 Å². The molecule has 1 heterocycles. The molecule has 1 aliphatic heterocycles. The number of alkyl halides is 5. The second-order valence-electron chi connectivity index (χ2n) is 11.4. The molecule has 1 saturated carbocycles. The predicted molar refractivity (Wildman–Crippen MR) is 166 cm³/mol. The maximum absolute atomic E-state index is 15.9. The third kappa shape index (κ3) is 9.39. The number of benzene rings is 3. The minimum absolute atomic E-state index is 0.0781. The fourth-order valence-corrected chi connectivity index (χ4v) is 6.86. The number of aliphatic carboxylic acids is 1. The number of hydrogen-bond donors (Lipinski definition) is 3. The van der Waals surface area contributed by atoms with Gasteiger partial charge in [0.15, 0.2) is 6.04 Å². The molecule has 3 aromatic rings. The molecular weight excluding hydrogens is 717 g/mol. The molecule has 4 N–H and O–H groups in total. The van der Waals surface area contributed by atoms with Gasteiger partial charge in [-0.1, -0.05) is 40.2 Å². The van der Waals surface area contributed by atoms with Gasteiger partial charge in [0.2, 0.25) is 15.9 Å². The van der Waals surface area contributed by atoms with Gasteiger partial charge in [-0.15, -0.1) is 0 Å². The van der Waals surface area contributed by atoms with Crippen molar-refractivity contribution < 1.29 is 49.8 Å². The summed E-state index contributed by atoms with van der Waals surface area (Å²) in [6.45, 7) is 0.303. The Labute approximate surface area is 276 Å². The van der Waals surface area contributed by atoms with Crippen molar-refractivity contribution in [1.82, 2.24) is 9.62 Å². The Balaban J connectivity index is 0.000000644. The molecule has 1 saturated heterocycles. The van der Waals surface area contributed by atoms with Crippen molar-refractivity contribution >= 4 is 48.6 Å². The maximum Gasteiger partial charge on any atom is 0.490 e. The number of rotatable bonds is 8. The van der Waals surface area contributed by atoms with E-state index in [1.54, 1.807) is 18.2 Å². The van der Waals surface area contributed by atoms with Crippen molar-refractivity contribution in [2.45, 2.75) is 73.7 Å². The van der Waals surface area contributed by atoms with E-state index >= 15 is 8.78 Å². The van der Waals surface area contributed by atoms with Crippen molar-refractivity contribution in [1.29, 1.82) is 0 Å². The van der Waals surface area contributed by atoms with Crippen LogP contribution in [-0.4, -0.2) is 67.8 Å². The summed E-state index contributed by atoms with van der Waals surface area (Å²) in [5.41, 5.74) is 5.51. The highest BCUT2D eigenvalue weighted by atomic mass is 79.9. The highest BCUT2D eigenvalue weighted by Gasteiger charge is 2.50. The summed E-state index contributed by atoms with van der Waals surface area (Å²) in [7, 11) is -4.53. The van der Waals surface area contributed by atoms with Gasteiger partial charge in [-0.2, -0.15) is 26.7 Å². The van der Waals surface area contributed by atoms with Crippen molar-refractivity contribution in [3.05, 3.63) is 70.7 Å². The average molecular weight is 751 g/mol. The Morgan fingerprint density at radius 2 is 1.53 bits per heavy atom. The lowest BCUT2D eigenvalue weighted by Crippen LogP contribution is -2.58. The molecule has 2 fully saturated rings. The zero-order valence-corrected chi connectivity index (χ0v) is 27.3. The van der Waals surface area contributed by atoms with E-state index in [9.17, 15) is 26.4 Å². The molecule has 5 rings (SSSR count). The Bertz CT molecular complexity index is 1690. The first kappa shape index (κ1) is 36.5. The van der Waals surface area contributed by atoms with Gasteiger partial charge in [-0.05, 0) is 85.7 Å². The van der Waals surface area contributed by atoms with Crippen LogP contribution in [-0.2, 0) is 25.5 Å². The number of sulfonamides is 1. The third-order valence-corrected chi connectivity index (χ3v) is 9.77. The smallest absolute Gasteiger partial charge is 0.490 e. The third-order valence-electron chi connectivity index (χ3n) is 7.82. The second kappa shape index (κ2) is 14.8. The zero-order valence-electron chi connectivity index (χ0n) is 24.9. The molecule has 0 bridgehead atoms. The normalized spacial score (nSPS) is 18.4. The topological polar surface area (TPSA) is 139 Å². The minimum atomic E-state index is -5.08. The van der Waals surface area contributed by atoms with E-state index in [-0.39, 0.29) is 30.1 Å². The highest BCUT2D eigenvalue weighted by Crippen LogP contribution is 2.35. The zero-order chi connectivity index (χ0) is 34.6. The van der Waals surface area contributed by atoms with Gasteiger partial charge in [0, 0.05) is 29.2 Å². The average Bonchev–Trinajstić information content (AvgIpc) is 3.52. The molecule has 9 nitrogen and oxygen atoms in total. The summed E-state index contributed by atoms with van der Waals surface area (Å²) in [6, 6.07) is 12.2. The summed E-state index contributed by atoms with van der Waals surface area (Å²) < 4.78 is 99.3. The number of ether oxygens (including phenoxy) is 1. The van der Waals surface area contributed by atoms with E-state index in [1.165, 1.54) is 41.3 Å². The number of carboxylic acid groups (broad SMARTS) is 1. The highest BCUT2D eigenvalue weighted by molar-refractivity contribution is 9.10. The van der Waals surface area contributed by atoms with Crippen LogP contribution >= 0.6 is 15.9 Å². The quantitative estimate of drug-likeness (QED) is 0.242. The number of nitrogens with two attached hydrogens (primary N) is 1. The lowest BCUT2D eigenvalue weighted by Gasteiger charge is -2.36. The molecular formula is C31H33BrF5N3O6S. The molecule has 16 heteroatoms. The number of carboxylic acids is 1. The molecule has 256 valence electrons. The SMILES string of the molecule is N[C@H]1CCCN(C(=O)C(NS(=O)(=O)c2ccc3cc(OC4CCCC4)ccc3c2)C(F)(F)c2ccc(Br)cc2)C1.O=C(O)C(F)(F)F. The Hall–Kier alpha value is -3.34. The van der Waals surface area contributed by atoms with E-state index in [0.29, 0.717) is 28.5 Å². The van der Waals surface area contributed by atoms with Crippen LogP contribution < -0.4 is 15.2 Å². The first-order valence-electron chi connectivity index (χ1n) is 14.7. The van der Waals surface area contributed by atoms with Crippen LogP contribution in [0.3, 0.4) is 0 Å². The summed E-state index contributed by atoms with van der Waals surface area (Å²) in [5, 5.41) is 8.48. The van der Waals surface area contributed by atoms with Crippen LogP contribution in [0.2, 0.25) is 0 Å². The van der Waals surface area contributed by atoms with Crippen LogP contribution in [0.15, 0.2) is 70.0 Å². The van der Waals surface area contributed by atoms with Crippen molar-refractivity contribution in [3.8, 4) is 5.75 Å². The molecule has 2 aliphatic rings. The fraction of sp³-hybridized carbons (Fsp3) is 0.419. The monoisotopic (exact) mass is 749 g/mol. The largest absolute Gasteiger partial charge is 0.490 e. The number of piperidine rings is 1. The van der Waals surface area contributed by atoms with E-state index in [4.69, 9.17) is 20.4 Å². The number of likely N-dealkylation sites (tertiary alicyclic amines) is 1. The number of halogens is 6. The van der Waals surface area contributed by atoms with Gasteiger partial charge in [0.25, 0.3) is 5.92 Å². The van der Waals surface area contributed by atoms with Crippen molar-refractivity contribution in [3.63, 3.8) is 0 Å². The number of carbonyl (C=O) groups excluding carboxylic acids is 1. The maximum atomic E-state index is 15.9. The predicted octanol–water partition coefficient (Wildman–Crippen LogP) is 5.95. The summed E-state index contributed by atoms with van der Waals surface area (Å²) in [5.74, 6) is -6.91. The molecule has 2 atom stereocenters. The molecule has 0 spiro atoms. The van der Waals surface area contributed by atoms with E-state index in [1.807, 2.05) is 6.07 Å². The van der Waals surface area contributed by atoms with Gasteiger partial charge >= 0.3 is 12.1 Å². The van der Waals surface area contributed by atoms with Crippen LogP contribution in [0.1, 0.15) is 44.1 Å². The molecule has 1 unspecified atom stereocenters. The lowest BCUT2D eigenvalue weighted by atomic mass is 9.99. The fourth-order valence-electron chi connectivity index (χ4n) is 5.38. The van der Waals surface area contributed by atoms with Crippen molar-refractivity contribution in [2.24, 2.45) is 5.73 Å². The van der Waals surface area contributed by atoms with Gasteiger partial charge in [-0.3, -0.25) is 4.79 Å². The van der Waals surface area contributed by atoms with Gasteiger partial charge in [0.1, 0.15) is 5.75 Å². The number of carbonyl (C=O) groups is 2. The summed E-state index contributed by atoms with van der Waals surface area (Å²) in [6.07, 6.45) is 0.603. The number of nitrogens with one attached hydrogen (secondary N) is 1. The molecule has 0 aromatic heterocycles. The Kier molecular flexibility index (Phi) is 11.5. The van der Waals surface area contributed by atoms with Crippen LogP contribution in [0, 0.1) is 0 Å². The molecule has 1 amide bonds. The van der Waals surface area contributed by atoms with Crippen molar-refractivity contribution in [2.75, 3.05) is 13.1 Å². The number of nitrogens with zero attached hydrogens (tertiary/aromatic N) is 1. The Morgan fingerprint density at radius 1 is 0.936 bits per heavy atom. The number of hydrogen-bond acceptors (Lipinski definition) is 6.